The molecule has 0 bridgehead atoms. The maximum Gasteiger partial charge on any atom is 0.252 e. The van der Waals surface area contributed by atoms with Crippen molar-refractivity contribution in [3.63, 3.8) is 0 Å². The summed E-state index contributed by atoms with van der Waals surface area (Å²) in [6.45, 7) is 6.11. The van der Waals surface area contributed by atoms with E-state index >= 15 is 0 Å². The Morgan fingerprint density at radius 3 is 2.44 bits per heavy atom. The number of fused-ring (bicyclic) bond motifs is 1. The summed E-state index contributed by atoms with van der Waals surface area (Å²) < 4.78 is 5.76. The predicted octanol–water partition coefficient (Wildman–Crippen LogP) is 3.23. The Labute approximate surface area is 218 Å². The smallest absolute Gasteiger partial charge is 0.252 e. The molecule has 0 spiro atoms. The summed E-state index contributed by atoms with van der Waals surface area (Å²) in [4.78, 5) is 44.3. The van der Waals surface area contributed by atoms with Crippen molar-refractivity contribution >= 4 is 29.4 Å². The number of ether oxygens (including phenoxy) is 1. The van der Waals surface area contributed by atoms with Gasteiger partial charge >= 0.3 is 0 Å². The summed E-state index contributed by atoms with van der Waals surface area (Å²) in [5.41, 5.74) is 0.919. The van der Waals surface area contributed by atoms with E-state index in [0.717, 1.165) is 51.7 Å². The molecule has 196 valence electrons. The van der Waals surface area contributed by atoms with Gasteiger partial charge in [0, 0.05) is 12.1 Å². The van der Waals surface area contributed by atoms with Crippen molar-refractivity contribution in [3.8, 4) is 0 Å². The van der Waals surface area contributed by atoms with Gasteiger partial charge in [-0.1, -0.05) is 38.3 Å². The number of hydrogen-bond donors (Lipinski definition) is 1. The van der Waals surface area contributed by atoms with Crippen molar-refractivity contribution < 1.29 is 19.1 Å². The zero-order valence-corrected chi connectivity index (χ0v) is 22.4. The molecule has 0 unspecified atom stereocenters. The van der Waals surface area contributed by atoms with Crippen LogP contribution >= 0.6 is 11.8 Å². The van der Waals surface area contributed by atoms with E-state index in [9.17, 15) is 14.4 Å². The molecule has 8 heteroatoms. The second-order valence-electron chi connectivity index (χ2n) is 10.8. The number of Topliss-reactive ketones (excluding diaryl/α,β-unsaturated/α-hetero) is 1. The van der Waals surface area contributed by atoms with Crippen LogP contribution in [-0.2, 0) is 14.3 Å². The summed E-state index contributed by atoms with van der Waals surface area (Å²) >= 11 is 1.64. The third-order valence-electron chi connectivity index (χ3n) is 8.85. The molecule has 0 aromatic heterocycles. The van der Waals surface area contributed by atoms with Crippen LogP contribution in [0.25, 0.3) is 0 Å². The molecule has 1 N–H and O–H groups in total. The molecule has 4 fully saturated rings. The molecule has 1 aliphatic carbocycles. The average Bonchev–Trinajstić information content (AvgIpc) is 3.49. The molecular weight excluding hydrogens is 474 g/mol. The molecule has 0 radical (unpaired) electrons. The largest absolute Gasteiger partial charge is 0.367 e. The third kappa shape index (κ3) is 4.84. The average molecular weight is 514 g/mol. The van der Waals surface area contributed by atoms with Crippen LogP contribution in [0.15, 0.2) is 24.3 Å². The molecule has 5 rings (SSSR count). The van der Waals surface area contributed by atoms with E-state index in [1.54, 1.807) is 16.7 Å². The normalized spacial score (nSPS) is 28.8. The Hall–Kier alpha value is -1.90. The van der Waals surface area contributed by atoms with Crippen LogP contribution < -0.4 is 5.32 Å². The van der Waals surface area contributed by atoms with Gasteiger partial charge in [0.05, 0.1) is 11.4 Å². The second-order valence-corrected chi connectivity index (χ2v) is 11.9. The van der Waals surface area contributed by atoms with Gasteiger partial charge in [0.15, 0.2) is 5.78 Å². The molecule has 1 aromatic rings. The van der Waals surface area contributed by atoms with Gasteiger partial charge < -0.3 is 19.9 Å². The number of hydrogen-bond acceptors (Lipinski definition) is 6. The van der Waals surface area contributed by atoms with Gasteiger partial charge in [0.2, 0.25) is 5.91 Å². The molecule has 1 aromatic carbocycles. The number of nitrogens with one attached hydrogen (secondary N) is 1. The number of carbonyl (C=O) groups is 3. The molecule has 4 aliphatic rings. The van der Waals surface area contributed by atoms with E-state index in [2.05, 4.69) is 29.3 Å². The Morgan fingerprint density at radius 2 is 1.81 bits per heavy atom. The van der Waals surface area contributed by atoms with Crippen LogP contribution in [0.4, 0.5) is 0 Å². The standard InChI is InChI=1S/C28H39N3O4S/c1-3-30-15-11-20(12-16-30)19-7-9-21(10-8-19)26(33)29-28(13-5-4-6-14-28)27(34)31-17-23(36-2)25-24(31)22(32)18-35-25/h7-10,20,23-25H,3-6,11-18H2,1-2H3,(H,29,33)/t23-,24+,25+/m0/s1. The predicted molar refractivity (Wildman–Crippen MR) is 141 cm³/mol. The van der Waals surface area contributed by atoms with Crippen molar-refractivity contribution in [2.24, 2.45) is 0 Å². The van der Waals surface area contributed by atoms with Crippen LogP contribution in [0.2, 0.25) is 0 Å². The van der Waals surface area contributed by atoms with Crippen molar-refractivity contribution in [3.05, 3.63) is 35.4 Å². The molecule has 3 saturated heterocycles. The Balaban J connectivity index is 1.31. The number of benzene rings is 1. The monoisotopic (exact) mass is 513 g/mol. The minimum atomic E-state index is -0.957. The highest BCUT2D eigenvalue weighted by Crippen LogP contribution is 2.38. The topological polar surface area (TPSA) is 79.0 Å². The number of thioether (sulfide) groups is 1. The number of likely N-dealkylation sites (tertiary alicyclic amines) is 2. The van der Waals surface area contributed by atoms with Crippen molar-refractivity contribution in [1.29, 1.82) is 0 Å². The zero-order chi connectivity index (χ0) is 25.3. The fourth-order valence-corrected chi connectivity index (χ4v) is 7.44. The van der Waals surface area contributed by atoms with Gasteiger partial charge in [0.25, 0.3) is 5.91 Å². The maximum atomic E-state index is 14.0. The lowest BCUT2D eigenvalue weighted by Gasteiger charge is -2.40. The lowest BCUT2D eigenvalue weighted by molar-refractivity contribution is -0.143. The van der Waals surface area contributed by atoms with Crippen LogP contribution in [0, 0.1) is 0 Å². The summed E-state index contributed by atoms with van der Waals surface area (Å²) in [6, 6.07) is 7.45. The highest BCUT2D eigenvalue weighted by atomic mass is 32.2. The van der Waals surface area contributed by atoms with E-state index in [0.29, 0.717) is 30.9 Å². The van der Waals surface area contributed by atoms with E-state index in [1.165, 1.54) is 5.56 Å². The number of carbonyl (C=O) groups excluding carboxylic acids is 3. The van der Waals surface area contributed by atoms with Gasteiger partial charge in [-0.05, 0) is 75.2 Å². The van der Waals surface area contributed by atoms with E-state index in [4.69, 9.17) is 4.74 Å². The summed E-state index contributed by atoms with van der Waals surface area (Å²) in [5.74, 6) is 0.196. The Morgan fingerprint density at radius 1 is 1.11 bits per heavy atom. The fraction of sp³-hybridized carbons (Fsp3) is 0.679. The molecule has 3 heterocycles. The van der Waals surface area contributed by atoms with E-state index < -0.39 is 11.6 Å². The zero-order valence-electron chi connectivity index (χ0n) is 21.5. The molecule has 3 atom stereocenters. The lowest BCUT2D eigenvalue weighted by atomic mass is 9.80. The first-order chi connectivity index (χ1) is 17.5. The number of piperidine rings is 1. The first-order valence-electron chi connectivity index (χ1n) is 13.6. The highest BCUT2D eigenvalue weighted by molar-refractivity contribution is 7.99. The van der Waals surface area contributed by atoms with Gasteiger partial charge in [0.1, 0.15) is 18.2 Å². The van der Waals surface area contributed by atoms with Crippen molar-refractivity contribution in [2.45, 2.75) is 80.7 Å². The summed E-state index contributed by atoms with van der Waals surface area (Å²) in [5, 5.41) is 3.25. The van der Waals surface area contributed by atoms with Gasteiger partial charge in [-0.3, -0.25) is 14.4 Å². The van der Waals surface area contributed by atoms with Crippen LogP contribution in [0.5, 0.6) is 0 Å². The number of rotatable bonds is 6. The van der Waals surface area contributed by atoms with Crippen molar-refractivity contribution in [2.75, 3.05) is 39.0 Å². The van der Waals surface area contributed by atoms with Crippen LogP contribution in [0.3, 0.4) is 0 Å². The summed E-state index contributed by atoms with van der Waals surface area (Å²) in [7, 11) is 0. The van der Waals surface area contributed by atoms with Crippen molar-refractivity contribution in [1.82, 2.24) is 15.1 Å². The SMILES string of the molecule is CCN1CCC(c2ccc(C(=O)NC3(C(=O)N4C[C@H](SC)[C@H]5OCC(=O)[C@H]54)CCCCC3)cc2)CC1. The molecular formula is C28H39N3O4S. The molecule has 7 nitrogen and oxygen atoms in total. The number of nitrogens with zero attached hydrogens (tertiary/aromatic N) is 2. The van der Waals surface area contributed by atoms with E-state index in [1.807, 2.05) is 18.4 Å². The van der Waals surface area contributed by atoms with Crippen LogP contribution in [0.1, 0.15) is 73.7 Å². The minimum Gasteiger partial charge on any atom is -0.367 e. The lowest BCUT2D eigenvalue weighted by Crippen LogP contribution is -2.62. The van der Waals surface area contributed by atoms with E-state index in [-0.39, 0.29) is 35.6 Å². The Bertz CT molecular complexity index is 970. The Kier molecular flexibility index (Phi) is 7.75. The van der Waals surface area contributed by atoms with Gasteiger partial charge in [-0.2, -0.15) is 11.8 Å². The molecule has 36 heavy (non-hydrogen) atoms. The quantitative estimate of drug-likeness (QED) is 0.629. The van der Waals surface area contributed by atoms with Gasteiger partial charge in [-0.25, -0.2) is 0 Å². The van der Waals surface area contributed by atoms with Gasteiger partial charge in [-0.15, -0.1) is 0 Å². The minimum absolute atomic E-state index is 0.0254. The third-order valence-corrected chi connectivity index (χ3v) is 9.87. The first-order valence-corrected chi connectivity index (χ1v) is 14.9. The number of amides is 2. The molecule has 3 aliphatic heterocycles. The molecule has 1 saturated carbocycles. The molecule has 2 amide bonds. The summed E-state index contributed by atoms with van der Waals surface area (Å²) in [6.07, 6.45) is 8.10. The number of ketones is 1. The highest BCUT2D eigenvalue weighted by Gasteiger charge is 2.56. The maximum absolute atomic E-state index is 14.0. The first kappa shape index (κ1) is 25.7. The fourth-order valence-electron chi connectivity index (χ4n) is 6.63. The van der Waals surface area contributed by atoms with Crippen LogP contribution in [-0.4, -0.2) is 89.4 Å². The second kappa shape index (κ2) is 10.8.